The van der Waals surface area contributed by atoms with Crippen molar-refractivity contribution in [2.24, 2.45) is 11.7 Å². The highest BCUT2D eigenvalue weighted by Crippen LogP contribution is 2.26. The van der Waals surface area contributed by atoms with Gasteiger partial charge in [0.2, 0.25) is 10.0 Å². The maximum Gasteiger partial charge on any atom is 0.243 e. The van der Waals surface area contributed by atoms with Crippen LogP contribution in [0.4, 0.5) is 0 Å². The van der Waals surface area contributed by atoms with E-state index in [-0.39, 0.29) is 4.90 Å². The summed E-state index contributed by atoms with van der Waals surface area (Å²) in [5.74, 6) is 0.473. The molecule has 0 saturated heterocycles. The van der Waals surface area contributed by atoms with Gasteiger partial charge < -0.3 is 5.73 Å². The molecule has 0 spiro atoms. The Balaban J connectivity index is 2.99. The van der Waals surface area contributed by atoms with Gasteiger partial charge in [-0.15, -0.1) is 0 Å². The largest absolute Gasteiger partial charge is 0.326 e. The van der Waals surface area contributed by atoms with Crippen molar-refractivity contribution in [1.82, 2.24) is 4.31 Å². The topological polar surface area (TPSA) is 63.4 Å². The van der Waals surface area contributed by atoms with Gasteiger partial charge in [0.1, 0.15) is 0 Å². The summed E-state index contributed by atoms with van der Waals surface area (Å²) in [5.41, 5.74) is 6.44. The fourth-order valence-electron chi connectivity index (χ4n) is 1.61. The van der Waals surface area contributed by atoms with Gasteiger partial charge in [-0.25, -0.2) is 12.7 Å². The van der Waals surface area contributed by atoms with Crippen molar-refractivity contribution in [1.29, 1.82) is 0 Å². The number of hydrogen-bond acceptors (Lipinski definition) is 3. The zero-order valence-corrected chi connectivity index (χ0v) is 14.0. The molecule has 0 saturated carbocycles. The van der Waals surface area contributed by atoms with E-state index in [0.29, 0.717) is 23.5 Å². The number of benzene rings is 1. The molecular weight excluding hydrogens is 328 g/mol. The van der Waals surface area contributed by atoms with E-state index < -0.39 is 10.0 Å². The van der Waals surface area contributed by atoms with Gasteiger partial charge in [-0.3, -0.25) is 0 Å². The van der Waals surface area contributed by atoms with Crippen molar-refractivity contribution in [3.05, 3.63) is 28.2 Å². The Labute approximate surface area is 124 Å². The first-order valence-corrected chi connectivity index (χ1v) is 8.47. The van der Waals surface area contributed by atoms with Gasteiger partial charge in [0, 0.05) is 24.6 Å². The van der Waals surface area contributed by atoms with E-state index in [9.17, 15) is 8.42 Å². The summed E-state index contributed by atoms with van der Waals surface area (Å²) in [6.07, 6.45) is 0.842. The predicted molar refractivity (Wildman–Crippen MR) is 81.3 cm³/mol. The first kappa shape index (κ1) is 16.6. The fraction of sp³-hybridized carbons (Fsp3) is 0.538. The van der Waals surface area contributed by atoms with E-state index in [4.69, 9.17) is 5.73 Å². The number of sulfonamides is 1. The lowest BCUT2D eigenvalue weighted by Gasteiger charge is -2.19. The zero-order valence-electron chi connectivity index (χ0n) is 11.6. The third-order valence-corrected chi connectivity index (χ3v) is 5.78. The van der Waals surface area contributed by atoms with Crippen molar-refractivity contribution in [3.8, 4) is 0 Å². The lowest BCUT2D eigenvalue weighted by atomic mass is 10.1. The number of nitrogens with two attached hydrogens (primary N) is 1. The van der Waals surface area contributed by atoms with Crippen molar-refractivity contribution in [2.75, 3.05) is 13.6 Å². The van der Waals surface area contributed by atoms with Crippen LogP contribution in [0.3, 0.4) is 0 Å². The van der Waals surface area contributed by atoms with Crippen LogP contribution in [-0.2, 0) is 16.6 Å². The molecule has 0 unspecified atom stereocenters. The van der Waals surface area contributed by atoms with Crippen LogP contribution in [0.5, 0.6) is 0 Å². The molecule has 0 radical (unpaired) electrons. The number of halogens is 1. The molecule has 0 fully saturated rings. The second-order valence-corrected chi connectivity index (χ2v) is 7.85. The monoisotopic (exact) mass is 348 g/mol. The van der Waals surface area contributed by atoms with Crippen LogP contribution in [-0.4, -0.2) is 26.3 Å². The molecule has 0 aromatic heterocycles. The minimum Gasteiger partial charge on any atom is -0.326 e. The average molecular weight is 349 g/mol. The zero-order chi connectivity index (χ0) is 14.6. The summed E-state index contributed by atoms with van der Waals surface area (Å²) in [6.45, 7) is 5.06. The second kappa shape index (κ2) is 6.83. The average Bonchev–Trinajstić information content (AvgIpc) is 2.35. The van der Waals surface area contributed by atoms with Gasteiger partial charge in [0.15, 0.2) is 0 Å². The van der Waals surface area contributed by atoms with Crippen molar-refractivity contribution >= 4 is 26.0 Å². The first-order chi connectivity index (χ1) is 8.78. The molecule has 1 rings (SSSR count). The summed E-state index contributed by atoms with van der Waals surface area (Å²) in [6, 6.07) is 5.10. The summed E-state index contributed by atoms with van der Waals surface area (Å²) >= 11 is 3.31. The van der Waals surface area contributed by atoms with Crippen molar-refractivity contribution in [3.63, 3.8) is 0 Å². The number of rotatable bonds is 6. The molecule has 0 amide bonds. The maximum atomic E-state index is 12.4. The van der Waals surface area contributed by atoms with E-state index in [1.807, 2.05) is 0 Å². The van der Waals surface area contributed by atoms with Gasteiger partial charge in [0.25, 0.3) is 0 Å². The van der Waals surface area contributed by atoms with Gasteiger partial charge in [-0.1, -0.05) is 19.9 Å². The van der Waals surface area contributed by atoms with Gasteiger partial charge in [0.05, 0.1) is 4.90 Å². The lowest BCUT2D eigenvalue weighted by Crippen LogP contribution is -2.29. The Morgan fingerprint density at radius 1 is 1.37 bits per heavy atom. The maximum absolute atomic E-state index is 12.4. The Morgan fingerprint density at radius 2 is 2.00 bits per heavy atom. The molecule has 0 aliphatic heterocycles. The Hall–Kier alpha value is -0.430. The molecule has 1 aromatic carbocycles. The van der Waals surface area contributed by atoms with E-state index in [1.54, 1.807) is 25.2 Å². The highest BCUT2D eigenvalue weighted by molar-refractivity contribution is 9.10. The van der Waals surface area contributed by atoms with Gasteiger partial charge in [-0.2, -0.15) is 0 Å². The number of hydrogen-bond donors (Lipinski definition) is 1. The molecule has 0 aliphatic carbocycles. The SMILES string of the molecule is CC(C)CCN(C)S(=O)(=O)c1ccc(CN)cc1Br. The minimum atomic E-state index is -3.44. The Morgan fingerprint density at radius 3 is 2.47 bits per heavy atom. The molecule has 0 atom stereocenters. The van der Waals surface area contributed by atoms with Crippen LogP contribution >= 0.6 is 15.9 Å². The molecule has 0 aliphatic rings. The molecule has 19 heavy (non-hydrogen) atoms. The third kappa shape index (κ3) is 4.27. The van der Waals surface area contributed by atoms with E-state index in [1.165, 1.54) is 4.31 Å². The Kier molecular flexibility index (Phi) is 5.98. The van der Waals surface area contributed by atoms with Crippen LogP contribution < -0.4 is 5.73 Å². The number of nitrogens with zero attached hydrogens (tertiary/aromatic N) is 1. The van der Waals surface area contributed by atoms with Crippen LogP contribution in [0.25, 0.3) is 0 Å². The minimum absolute atomic E-state index is 0.288. The summed E-state index contributed by atoms with van der Waals surface area (Å²) in [4.78, 5) is 0.288. The summed E-state index contributed by atoms with van der Waals surface area (Å²) in [5, 5.41) is 0. The summed E-state index contributed by atoms with van der Waals surface area (Å²) < 4.78 is 26.8. The predicted octanol–water partition coefficient (Wildman–Crippen LogP) is 2.57. The van der Waals surface area contributed by atoms with E-state index in [2.05, 4.69) is 29.8 Å². The van der Waals surface area contributed by atoms with Crippen LogP contribution in [0.1, 0.15) is 25.8 Å². The molecular formula is C13H21BrN2O2S. The molecule has 6 heteroatoms. The van der Waals surface area contributed by atoms with E-state index >= 15 is 0 Å². The normalized spacial score (nSPS) is 12.4. The van der Waals surface area contributed by atoms with E-state index in [0.717, 1.165) is 12.0 Å². The Bertz CT molecular complexity index is 529. The van der Waals surface area contributed by atoms with Crippen LogP contribution in [0, 0.1) is 5.92 Å². The highest BCUT2D eigenvalue weighted by atomic mass is 79.9. The molecule has 0 heterocycles. The fourth-order valence-corrected chi connectivity index (χ4v) is 3.88. The summed E-state index contributed by atoms with van der Waals surface area (Å²) in [7, 11) is -1.83. The second-order valence-electron chi connectivity index (χ2n) is 4.98. The third-order valence-electron chi connectivity index (χ3n) is 2.94. The molecule has 0 bridgehead atoms. The van der Waals surface area contributed by atoms with Crippen LogP contribution in [0.2, 0.25) is 0 Å². The molecule has 1 aromatic rings. The standard InChI is InChI=1S/C13H21BrN2O2S/c1-10(2)6-7-16(3)19(17,18)13-5-4-11(9-15)8-12(13)14/h4-5,8,10H,6-7,9,15H2,1-3H3. The molecule has 4 nitrogen and oxygen atoms in total. The smallest absolute Gasteiger partial charge is 0.243 e. The van der Waals surface area contributed by atoms with Crippen LogP contribution in [0.15, 0.2) is 27.6 Å². The van der Waals surface area contributed by atoms with Gasteiger partial charge in [-0.05, 0) is 46.0 Å². The highest BCUT2D eigenvalue weighted by Gasteiger charge is 2.23. The first-order valence-electron chi connectivity index (χ1n) is 6.24. The van der Waals surface area contributed by atoms with Gasteiger partial charge >= 0.3 is 0 Å². The lowest BCUT2D eigenvalue weighted by molar-refractivity contribution is 0.428. The van der Waals surface area contributed by atoms with Crippen molar-refractivity contribution < 1.29 is 8.42 Å². The molecule has 2 N–H and O–H groups in total. The quantitative estimate of drug-likeness (QED) is 0.859. The van der Waals surface area contributed by atoms with Crippen molar-refractivity contribution in [2.45, 2.75) is 31.7 Å². The molecule has 108 valence electrons.